The number of aromatic nitrogens is 3. The summed E-state index contributed by atoms with van der Waals surface area (Å²) in [4.78, 5) is 18.1. The third-order valence-electron chi connectivity index (χ3n) is 7.18. The van der Waals surface area contributed by atoms with E-state index >= 15 is 0 Å². The number of fused-ring (bicyclic) bond motifs is 6. The van der Waals surface area contributed by atoms with Gasteiger partial charge < -0.3 is 14.2 Å². The molecule has 6 rings (SSSR count). The van der Waals surface area contributed by atoms with Crippen molar-refractivity contribution in [3.05, 3.63) is 51.6 Å². The zero-order valence-electron chi connectivity index (χ0n) is 16.8. The molecule has 2 aromatic rings. The summed E-state index contributed by atoms with van der Waals surface area (Å²) in [5.41, 5.74) is 3.27. The molecule has 3 saturated heterocycles. The molecule has 3 fully saturated rings. The number of likely N-dealkylation sites (tertiary alicyclic amines) is 1. The summed E-state index contributed by atoms with van der Waals surface area (Å²) in [6.45, 7) is 7.15. The lowest BCUT2D eigenvalue weighted by atomic mass is 9.83. The normalized spacial score (nSPS) is 30.6. The number of hydrogen-bond acceptors (Lipinski definition) is 6. The Labute approximate surface area is 170 Å². The van der Waals surface area contributed by atoms with E-state index in [0.717, 1.165) is 69.2 Å². The number of anilines is 1. The molecule has 4 bridgehead atoms. The second-order valence-electron chi connectivity index (χ2n) is 9.21. The van der Waals surface area contributed by atoms with Gasteiger partial charge in [-0.15, -0.1) is 5.10 Å². The molecule has 0 spiro atoms. The first-order chi connectivity index (χ1) is 14.1. The summed E-state index contributed by atoms with van der Waals surface area (Å²) < 4.78 is 7.77. The van der Waals surface area contributed by atoms with E-state index in [0.29, 0.717) is 24.0 Å². The van der Waals surface area contributed by atoms with Gasteiger partial charge in [-0.2, -0.15) is 5.10 Å². The predicted octanol–water partition coefficient (Wildman–Crippen LogP) is 1.54. The average Bonchev–Trinajstić information content (AvgIpc) is 3.34. The summed E-state index contributed by atoms with van der Waals surface area (Å²) in [5, 5.41) is 8.61. The largest absolute Gasteiger partial charge is 0.375 e. The van der Waals surface area contributed by atoms with Crippen LogP contribution < -0.4 is 10.5 Å². The third-order valence-corrected chi connectivity index (χ3v) is 7.18. The first kappa shape index (κ1) is 17.6. The van der Waals surface area contributed by atoms with Gasteiger partial charge in [-0.1, -0.05) is 6.07 Å². The van der Waals surface area contributed by atoms with Crippen LogP contribution >= 0.6 is 0 Å². The standard InChI is InChI=1S/C22H27N5O2/c1-14-2-5-21(24-23-14)26-8-15-6-17(11-26)20-4-3-16(22(28)27(20)9-15)10-25-12-19-7-18(25)13-29-19/h2-5,15,17-19H,6-13H2,1H3/t15-,17+,18+,19+/m0/s1. The monoisotopic (exact) mass is 393 g/mol. The molecular formula is C22H27N5O2. The fourth-order valence-corrected chi connectivity index (χ4v) is 5.75. The van der Waals surface area contributed by atoms with E-state index in [-0.39, 0.29) is 5.56 Å². The molecule has 7 heteroatoms. The minimum Gasteiger partial charge on any atom is -0.375 e. The molecule has 0 saturated carbocycles. The Hall–Kier alpha value is -2.25. The van der Waals surface area contributed by atoms with Crippen molar-refractivity contribution in [2.45, 2.75) is 50.9 Å². The third kappa shape index (κ3) is 2.99. The molecule has 0 amide bonds. The van der Waals surface area contributed by atoms with E-state index in [4.69, 9.17) is 4.74 Å². The van der Waals surface area contributed by atoms with E-state index in [1.54, 1.807) is 0 Å². The van der Waals surface area contributed by atoms with Gasteiger partial charge in [0.05, 0.1) is 18.4 Å². The highest BCUT2D eigenvalue weighted by atomic mass is 16.5. The summed E-state index contributed by atoms with van der Waals surface area (Å²) in [6.07, 6.45) is 2.64. The molecule has 0 unspecified atom stereocenters. The maximum absolute atomic E-state index is 13.3. The number of piperidine rings is 1. The second-order valence-corrected chi connectivity index (χ2v) is 9.21. The Morgan fingerprint density at radius 3 is 2.76 bits per heavy atom. The summed E-state index contributed by atoms with van der Waals surface area (Å²) in [6, 6.07) is 8.85. The van der Waals surface area contributed by atoms with Crippen LogP contribution in [0.1, 0.15) is 35.7 Å². The number of nitrogens with zero attached hydrogens (tertiary/aromatic N) is 5. The van der Waals surface area contributed by atoms with Crippen LogP contribution in [0.2, 0.25) is 0 Å². The molecule has 6 heterocycles. The first-order valence-corrected chi connectivity index (χ1v) is 10.8. The lowest BCUT2D eigenvalue weighted by molar-refractivity contribution is 0.0271. The predicted molar refractivity (Wildman–Crippen MR) is 109 cm³/mol. The molecule has 0 N–H and O–H groups in total. The lowest BCUT2D eigenvalue weighted by Gasteiger charge is -2.43. The maximum Gasteiger partial charge on any atom is 0.255 e. The van der Waals surface area contributed by atoms with Gasteiger partial charge in [-0.25, -0.2) is 0 Å². The molecule has 2 aromatic heterocycles. The smallest absolute Gasteiger partial charge is 0.255 e. The molecule has 0 aromatic carbocycles. The zero-order chi connectivity index (χ0) is 19.5. The molecule has 4 aliphatic heterocycles. The van der Waals surface area contributed by atoms with Crippen molar-refractivity contribution in [2.75, 3.05) is 31.1 Å². The van der Waals surface area contributed by atoms with Crippen molar-refractivity contribution in [2.24, 2.45) is 5.92 Å². The Kier molecular flexibility index (Phi) is 4.03. The first-order valence-electron chi connectivity index (χ1n) is 10.8. The van der Waals surface area contributed by atoms with Gasteiger partial charge in [0.15, 0.2) is 5.82 Å². The van der Waals surface area contributed by atoms with Crippen molar-refractivity contribution in [3.8, 4) is 0 Å². The van der Waals surface area contributed by atoms with E-state index in [1.807, 2.05) is 13.0 Å². The fourth-order valence-electron chi connectivity index (χ4n) is 5.75. The summed E-state index contributed by atoms with van der Waals surface area (Å²) >= 11 is 0. The summed E-state index contributed by atoms with van der Waals surface area (Å²) in [7, 11) is 0. The Balaban J connectivity index is 1.25. The maximum atomic E-state index is 13.3. The Morgan fingerprint density at radius 2 is 2.00 bits per heavy atom. The Bertz CT molecular complexity index is 988. The molecule has 4 atom stereocenters. The lowest BCUT2D eigenvalue weighted by Crippen LogP contribution is -2.48. The minimum absolute atomic E-state index is 0.212. The quantitative estimate of drug-likeness (QED) is 0.788. The van der Waals surface area contributed by atoms with Crippen LogP contribution in [0.5, 0.6) is 0 Å². The van der Waals surface area contributed by atoms with Gasteiger partial charge in [0, 0.05) is 55.9 Å². The highest BCUT2D eigenvalue weighted by molar-refractivity contribution is 5.40. The topological polar surface area (TPSA) is 63.5 Å². The van der Waals surface area contributed by atoms with Crippen molar-refractivity contribution < 1.29 is 4.74 Å². The van der Waals surface area contributed by atoms with Crippen LogP contribution in [0.15, 0.2) is 29.1 Å². The average molecular weight is 393 g/mol. The molecule has 29 heavy (non-hydrogen) atoms. The van der Waals surface area contributed by atoms with Gasteiger partial charge in [-0.05, 0) is 43.9 Å². The number of morpholine rings is 1. The van der Waals surface area contributed by atoms with Crippen molar-refractivity contribution >= 4 is 5.82 Å². The zero-order valence-corrected chi connectivity index (χ0v) is 16.8. The molecule has 152 valence electrons. The second kappa shape index (κ2) is 6.64. The van der Waals surface area contributed by atoms with Crippen LogP contribution in [-0.2, 0) is 17.8 Å². The van der Waals surface area contributed by atoms with Gasteiger partial charge in [0.1, 0.15) is 0 Å². The van der Waals surface area contributed by atoms with Gasteiger partial charge in [-0.3, -0.25) is 9.69 Å². The van der Waals surface area contributed by atoms with E-state index < -0.39 is 0 Å². The number of aryl methyl sites for hydroxylation is 1. The highest BCUT2D eigenvalue weighted by Crippen LogP contribution is 2.37. The molecule has 0 radical (unpaired) electrons. The number of pyridine rings is 1. The fraction of sp³-hybridized carbons (Fsp3) is 0.591. The van der Waals surface area contributed by atoms with E-state index in [1.165, 1.54) is 5.69 Å². The van der Waals surface area contributed by atoms with E-state index in [2.05, 4.69) is 42.8 Å². The van der Waals surface area contributed by atoms with Crippen LogP contribution in [-0.4, -0.2) is 58.1 Å². The Morgan fingerprint density at radius 1 is 1.07 bits per heavy atom. The SMILES string of the molecule is Cc1ccc(N2C[C@@H]3C[C@H](C2)c2ccc(CN4C[C@H]5C[C@@H]4CO5)c(=O)n2C3)nn1. The number of ether oxygens (including phenoxy) is 1. The van der Waals surface area contributed by atoms with Gasteiger partial charge in [0.2, 0.25) is 0 Å². The number of hydrogen-bond donors (Lipinski definition) is 0. The van der Waals surface area contributed by atoms with Crippen molar-refractivity contribution in [3.63, 3.8) is 0 Å². The van der Waals surface area contributed by atoms with Crippen molar-refractivity contribution in [1.82, 2.24) is 19.7 Å². The van der Waals surface area contributed by atoms with Crippen LogP contribution in [0, 0.1) is 12.8 Å². The molecule has 4 aliphatic rings. The number of rotatable bonds is 3. The molecule has 0 aliphatic carbocycles. The minimum atomic E-state index is 0.212. The van der Waals surface area contributed by atoms with Crippen LogP contribution in [0.4, 0.5) is 5.82 Å². The molecule has 7 nitrogen and oxygen atoms in total. The molecular weight excluding hydrogens is 366 g/mol. The van der Waals surface area contributed by atoms with E-state index in [9.17, 15) is 4.79 Å². The van der Waals surface area contributed by atoms with Crippen LogP contribution in [0.25, 0.3) is 0 Å². The van der Waals surface area contributed by atoms with Gasteiger partial charge in [0.25, 0.3) is 5.56 Å². The van der Waals surface area contributed by atoms with Crippen LogP contribution in [0.3, 0.4) is 0 Å². The van der Waals surface area contributed by atoms with Crippen molar-refractivity contribution in [1.29, 1.82) is 0 Å². The summed E-state index contributed by atoms with van der Waals surface area (Å²) in [5.74, 6) is 1.81. The highest BCUT2D eigenvalue weighted by Gasteiger charge is 2.40. The van der Waals surface area contributed by atoms with Gasteiger partial charge >= 0.3 is 0 Å².